The van der Waals surface area contributed by atoms with E-state index in [4.69, 9.17) is 4.98 Å². The average molecular weight is 378 g/mol. The van der Waals surface area contributed by atoms with Gasteiger partial charge in [-0.2, -0.15) is 0 Å². The standard InChI is InChI=1S/C28H27N/c1-27(2,3)21-12-8-11-20(15-21)26-25-22(13-14-29-26)23-16-18-9-6-7-10-19(18)17-24(23)28(25,4)5/h6-17H,1-5H3. The van der Waals surface area contributed by atoms with Crippen LogP contribution in [0.25, 0.3) is 33.2 Å². The van der Waals surface area contributed by atoms with Crippen molar-refractivity contribution in [2.45, 2.75) is 45.4 Å². The molecule has 1 heterocycles. The first-order valence-electron chi connectivity index (χ1n) is 10.4. The molecule has 0 spiro atoms. The highest BCUT2D eigenvalue weighted by atomic mass is 14.7. The van der Waals surface area contributed by atoms with Gasteiger partial charge < -0.3 is 0 Å². The third-order valence-electron chi connectivity index (χ3n) is 6.43. The van der Waals surface area contributed by atoms with Crippen molar-refractivity contribution in [1.29, 1.82) is 0 Å². The lowest BCUT2D eigenvalue weighted by molar-refractivity contribution is 0.590. The highest BCUT2D eigenvalue weighted by Crippen LogP contribution is 2.52. The first-order valence-corrected chi connectivity index (χ1v) is 10.4. The van der Waals surface area contributed by atoms with Crippen LogP contribution in [-0.4, -0.2) is 4.98 Å². The lowest BCUT2D eigenvalue weighted by atomic mass is 9.79. The second-order valence-corrected chi connectivity index (χ2v) is 9.78. The minimum Gasteiger partial charge on any atom is -0.256 e. The molecule has 0 aliphatic heterocycles. The summed E-state index contributed by atoms with van der Waals surface area (Å²) in [6, 6.07) is 24.5. The van der Waals surface area contributed by atoms with Gasteiger partial charge >= 0.3 is 0 Å². The summed E-state index contributed by atoms with van der Waals surface area (Å²) in [5.41, 5.74) is 9.09. The molecule has 4 aromatic rings. The van der Waals surface area contributed by atoms with Crippen molar-refractivity contribution in [3.63, 3.8) is 0 Å². The predicted molar refractivity (Wildman–Crippen MR) is 123 cm³/mol. The van der Waals surface area contributed by atoms with Crippen LogP contribution in [0.15, 0.2) is 72.9 Å². The van der Waals surface area contributed by atoms with Gasteiger partial charge in [-0.3, -0.25) is 4.98 Å². The van der Waals surface area contributed by atoms with Crippen molar-refractivity contribution in [3.8, 4) is 22.4 Å². The van der Waals surface area contributed by atoms with Crippen LogP contribution >= 0.6 is 0 Å². The molecule has 0 saturated carbocycles. The van der Waals surface area contributed by atoms with Gasteiger partial charge in [-0.1, -0.05) is 77.1 Å². The number of rotatable bonds is 1. The third-order valence-corrected chi connectivity index (χ3v) is 6.43. The average Bonchev–Trinajstić information content (AvgIpc) is 2.93. The Kier molecular flexibility index (Phi) is 3.77. The Morgan fingerprint density at radius 2 is 1.48 bits per heavy atom. The van der Waals surface area contributed by atoms with Crippen molar-refractivity contribution < 1.29 is 0 Å². The SMILES string of the molecule is CC(C)(C)c1cccc(-c2nccc3c2C(C)(C)c2cc4ccccc4cc2-3)c1. The van der Waals surface area contributed by atoms with Gasteiger partial charge in [-0.25, -0.2) is 0 Å². The number of hydrogen-bond acceptors (Lipinski definition) is 1. The summed E-state index contributed by atoms with van der Waals surface area (Å²) in [7, 11) is 0. The smallest absolute Gasteiger partial charge is 0.0749 e. The molecule has 1 aliphatic rings. The number of pyridine rings is 1. The zero-order valence-electron chi connectivity index (χ0n) is 17.9. The molecule has 3 aromatic carbocycles. The quantitative estimate of drug-likeness (QED) is 0.334. The van der Waals surface area contributed by atoms with E-state index in [0.717, 1.165) is 5.69 Å². The molecule has 5 rings (SSSR count). The van der Waals surface area contributed by atoms with Gasteiger partial charge in [0.05, 0.1) is 5.69 Å². The summed E-state index contributed by atoms with van der Waals surface area (Å²) in [6.45, 7) is 11.5. The van der Waals surface area contributed by atoms with Crippen molar-refractivity contribution in [2.24, 2.45) is 0 Å². The molecule has 0 bridgehead atoms. The Balaban J connectivity index is 1.78. The van der Waals surface area contributed by atoms with Gasteiger partial charge in [0.1, 0.15) is 0 Å². The van der Waals surface area contributed by atoms with Crippen LogP contribution in [0.4, 0.5) is 0 Å². The highest BCUT2D eigenvalue weighted by molar-refractivity contribution is 5.95. The van der Waals surface area contributed by atoms with E-state index in [1.165, 1.54) is 44.2 Å². The summed E-state index contributed by atoms with van der Waals surface area (Å²) in [5, 5.41) is 2.60. The third kappa shape index (κ3) is 2.72. The minimum atomic E-state index is -0.0873. The van der Waals surface area contributed by atoms with Gasteiger partial charge in [-0.05, 0) is 68.3 Å². The fourth-order valence-electron chi connectivity index (χ4n) is 4.79. The molecule has 1 nitrogen and oxygen atoms in total. The molecule has 1 aliphatic carbocycles. The Bertz CT molecular complexity index is 1260. The van der Waals surface area contributed by atoms with E-state index in [-0.39, 0.29) is 10.8 Å². The fraction of sp³-hybridized carbons (Fsp3) is 0.250. The Labute approximate surface area is 173 Å². The van der Waals surface area contributed by atoms with Crippen LogP contribution < -0.4 is 0 Å². The van der Waals surface area contributed by atoms with Crippen LogP contribution in [0.3, 0.4) is 0 Å². The second-order valence-electron chi connectivity index (χ2n) is 9.78. The van der Waals surface area contributed by atoms with Gasteiger partial charge in [-0.15, -0.1) is 0 Å². The van der Waals surface area contributed by atoms with Crippen LogP contribution in [0.1, 0.15) is 51.3 Å². The molecule has 0 fully saturated rings. The summed E-state index contributed by atoms with van der Waals surface area (Å²) in [6.07, 6.45) is 1.97. The number of hydrogen-bond donors (Lipinski definition) is 0. The molecule has 144 valence electrons. The molecule has 0 unspecified atom stereocenters. The summed E-state index contributed by atoms with van der Waals surface area (Å²) in [4.78, 5) is 4.89. The monoisotopic (exact) mass is 377 g/mol. The maximum atomic E-state index is 4.89. The summed E-state index contributed by atoms with van der Waals surface area (Å²) in [5.74, 6) is 0. The largest absolute Gasteiger partial charge is 0.256 e. The molecule has 1 heteroatoms. The zero-order chi connectivity index (χ0) is 20.4. The van der Waals surface area contributed by atoms with Gasteiger partial charge in [0.25, 0.3) is 0 Å². The Morgan fingerprint density at radius 1 is 0.759 bits per heavy atom. The van der Waals surface area contributed by atoms with E-state index in [9.17, 15) is 0 Å². The Morgan fingerprint density at radius 3 is 2.21 bits per heavy atom. The first-order chi connectivity index (χ1) is 13.8. The lowest BCUT2D eigenvalue weighted by Crippen LogP contribution is -2.17. The second kappa shape index (κ2) is 6.03. The van der Waals surface area contributed by atoms with Crippen molar-refractivity contribution in [2.75, 3.05) is 0 Å². The Hall–Kier alpha value is -2.93. The molecule has 29 heavy (non-hydrogen) atoms. The van der Waals surface area contributed by atoms with Crippen LogP contribution in [0.2, 0.25) is 0 Å². The number of fused-ring (bicyclic) bond motifs is 4. The summed E-state index contributed by atoms with van der Waals surface area (Å²) >= 11 is 0. The van der Waals surface area contributed by atoms with Gasteiger partial charge in [0, 0.05) is 17.2 Å². The minimum absolute atomic E-state index is 0.0873. The molecular weight excluding hydrogens is 350 g/mol. The van der Waals surface area contributed by atoms with E-state index in [1.54, 1.807) is 0 Å². The van der Waals surface area contributed by atoms with Crippen molar-refractivity contribution >= 4 is 10.8 Å². The zero-order valence-corrected chi connectivity index (χ0v) is 17.9. The normalized spacial score (nSPS) is 14.7. The lowest BCUT2D eigenvalue weighted by Gasteiger charge is -2.25. The highest BCUT2D eigenvalue weighted by Gasteiger charge is 2.38. The number of benzene rings is 3. The van der Waals surface area contributed by atoms with E-state index in [2.05, 4.69) is 101 Å². The molecule has 0 saturated heterocycles. The first kappa shape index (κ1) is 18.1. The summed E-state index contributed by atoms with van der Waals surface area (Å²) < 4.78 is 0. The molecule has 1 aromatic heterocycles. The van der Waals surface area contributed by atoms with Crippen LogP contribution in [-0.2, 0) is 10.8 Å². The van der Waals surface area contributed by atoms with Gasteiger partial charge in [0.15, 0.2) is 0 Å². The van der Waals surface area contributed by atoms with Gasteiger partial charge in [0.2, 0.25) is 0 Å². The molecule has 0 N–H and O–H groups in total. The van der Waals surface area contributed by atoms with Crippen molar-refractivity contribution in [1.82, 2.24) is 4.98 Å². The van der Waals surface area contributed by atoms with Crippen molar-refractivity contribution in [3.05, 3.63) is 89.6 Å². The maximum absolute atomic E-state index is 4.89. The fourth-order valence-corrected chi connectivity index (χ4v) is 4.79. The predicted octanol–water partition coefficient (Wildman–Crippen LogP) is 7.51. The van der Waals surface area contributed by atoms with E-state index >= 15 is 0 Å². The van der Waals surface area contributed by atoms with E-state index < -0.39 is 0 Å². The molecule has 0 radical (unpaired) electrons. The maximum Gasteiger partial charge on any atom is 0.0749 e. The molecular formula is C28H27N. The van der Waals surface area contributed by atoms with Crippen LogP contribution in [0, 0.1) is 0 Å². The number of aromatic nitrogens is 1. The van der Waals surface area contributed by atoms with E-state index in [1.807, 2.05) is 6.20 Å². The molecule has 0 atom stereocenters. The van der Waals surface area contributed by atoms with Crippen LogP contribution in [0.5, 0.6) is 0 Å². The topological polar surface area (TPSA) is 12.9 Å². The number of nitrogens with zero attached hydrogens (tertiary/aromatic N) is 1. The van der Waals surface area contributed by atoms with E-state index in [0.29, 0.717) is 0 Å². The molecule has 0 amide bonds.